The number of thiazole rings is 1. The molecular formula is C20H26ClN3O3S. The Morgan fingerprint density at radius 2 is 2.14 bits per heavy atom. The molecule has 8 heteroatoms. The minimum atomic E-state index is -0.645. The van der Waals surface area contributed by atoms with Gasteiger partial charge in [-0.2, -0.15) is 0 Å². The lowest BCUT2D eigenvalue weighted by Crippen LogP contribution is -2.44. The number of halogens is 1. The largest absolute Gasteiger partial charge is 0.481 e. The average Bonchev–Trinajstić information content (AvgIpc) is 3.03. The molecular weight excluding hydrogens is 398 g/mol. The van der Waals surface area contributed by atoms with E-state index in [0.29, 0.717) is 15.9 Å². The number of benzene rings is 1. The average molecular weight is 424 g/mol. The Labute approximate surface area is 174 Å². The van der Waals surface area contributed by atoms with E-state index in [1.807, 2.05) is 18.4 Å². The van der Waals surface area contributed by atoms with E-state index >= 15 is 0 Å². The number of nitrogens with one attached hydrogen (secondary N) is 1. The van der Waals surface area contributed by atoms with E-state index in [1.165, 1.54) is 11.3 Å². The number of amides is 1. The third-order valence-electron chi connectivity index (χ3n) is 4.47. The van der Waals surface area contributed by atoms with Crippen LogP contribution in [-0.4, -0.2) is 47.2 Å². The van der Waals surface area contributed by atoms with Crippen molar-refractivity contribution in [3.05, 3.63) is 39.9 Å². The maximum atomic E-state index is 12.5. The molecule has 1 aliphatic heterocycles. The number of nitrogens with zero attached hydrogens (tertiary/aromatic N) is 2. The topological polar surface area (TPSA) is 63.7 Å². The van der Waals surface area contributed by atoms with Gasteiger partial charge in [0, 0.05) is 30.0 Å². The number of aromatic nitrogens is 1. The summed E-state index contributed by atoms with van der Waals surface area (Å²) in [6.45, 7) is 10.3. The maximum absolute atomic E-state index is 12.5. The van der Waals surface area contributed by atoms with Crippen LogP contribution in [-0.2, 0) is 16.1 Å². The Bertz CT molecular complexity index is 819. The lowest BCUT2D eigenvalue weighted by atomic mass is 10.2. The zero-order valence-corrected chi connectivity index (χ0v) is 18.1. The van der Waals surface area contributed by atoms with Gasteiger partial charge < -0.3 is 9.47 Å². The number of hydrogen-bond donors (Lipinski definition) is 1. The van der Waals surface area contributed by atoms with Crippen LogP contribution in [0.15, 0.2) is 23.6 Å². The van der Waals surface area contributed by atoms with Crippen LogP contribution < -0.4 is 10.1 Å². The lowest BCUT2D eigenvalue weighted by molar-refractivity contribution is -0.122. The van der Waals surface area contributed by atoms with Crippen LogP contribution >= 0.6 is 22.9 Å². The van der Waals surface area contributed by atoms with Crippen molar-refractivity contribution in [3.63, 3.8) is 0 Å². The van der Waals surface area contributed by atoms with E-state index in [-0.39, 0.29) is 18.1 Å². The van der Waals surface area contributed by atoms with Crippen LogP contribution in [0.25, 0.3) is 0 Å². The SMILES string of the molecule is Cc1cc(Cl)ccc1OC(C)C(=O)Nc1nc(CN2CC(C)OC(C)C2)cs1. The molecule has 3 unspecified atom stereocenters. The van der Waals surface area contributed by atoms with Gasteiger partial charge in [-0.1, -0.05) is 11.6 Å². The Morgan fingerprint density at radius 1 is 1.43 bits per heavy atom. The molecule has 1 N–H and O–H groups in total. The van der Waals surface area contributed by atoms with Crippen molar-refractivity contribution in [1.29, 1.82) is 0 Å². The summed E-state index contributed by atoms with van der Waals surface area (Å²) in [5, 5.41) is 6.04. The monoisotopic (exact) mass is 423 g/mol. The Balaban J connectivity index is 1.54. The summed E-state index contributed by atoms with van der Waals surface area (Å²) >= 11 is 7.38. The summed E-state index contributed by atoms with van der Waals surface area (Å²) in [6.07, 6.45) is -0.208. The maximum Gasteiger partial charge on any atom is 0.266 e. The van der Waals surface area contributed by atoms with E-state index in [9.17, 15) is 4.79 Å². The van der Waals surface area contributed by atoms with Crippen LogP contribution in [0.4, 0.5) is 5.13 Å². The van der Waals surface area contributed by atoms with Crippen LogP contribution in [0.5, 0.6) is 5.75 Å². The summed E-state index contributed by atoms with van der Waals surface area (Å²) < 4.78 is 11.5. The summed E-state index contributed by atoms with van der Waals surface area (Å²) in [4.78, 5) is 19.3. The van der Waals surface area contributed by atoms with Gasteiger partial charge in [0.1, 0.15) is 5.75 Å². The first-order chi connectivity index (χ1) is 13.3. The van der Waals surface area contributed by atoms with Gasteiger partial charge >= 0.3 is 0 Å². The molecule has 1 amide bonds. The molecule has 28 heavy (non-hydrogen) atoms. The second kappa shape index (κ2) is 9.22. The van der Waals surface area contributed by atoms with Gasteiger partial charge in [0.25, 0.3) is 5.91 Å². The van der Waals surface area contributed by atoms with Gasteiger partial charge in [-0.3, -0.25) is 15.0 Å². The first kappa shape index (κ1) is 21.0. The molecule has 1 fully saturated rings. The fourth-order valence-corrected chi connectivity index (χ4v) is 4.21. The summed E-state index contributed by atoms with van der Waals surface area (Å²) in [5.41, 5.74) is 1.83. The van der Waals surface area contributed by atoms with E-state index in [2.05, 4.69) is 29.0 Å². The summed E-state index contributed by atoms with van der Waals surface area (Å²) in [7, 11) is 0. The highest BCUT2D eigenvalue weighted by Gasteiger charge is 2.23. The molecule has 0 aliphatic carbocycles. The molecule has 0 bridgehead atoms. The number of rotatable bonds is 6. The van der Waals surface area contributed by atoms with E-state index in [0.717, 1.165) is 30.9 Å². The first-order valence-electron chi connectivity index (χ1n) is 9.36. The predicted octanol–water partition coefficient (Wildman–Crippen LogP) is 4.12. The Kier molecular flexibility index (Phi) is 6.93. The highest BCUT2D eigenvalue weighted by Crippen LogP contribution is 2.24. The highest BCUT2D eigenvalue weighted by molar-refractivity contribution is 7.13. The third-order valence-corrected chi connectivity index (χ3v) is 5.51. The van der Waals surface area contributed by atoms with Crippen molar-refractivity contribution < 1.29 is 14.3 Å². The van der Waals surface area contributed by atoms with Gasteiger partial charge in [-0.15, -0.1) is 11.3 Å². The molecule has 2 heterocycles. The molecule has 0 radical (unpaired) electrons. The number of carbonyl (C=O) groups is 1. The molecule has 1 saturated heterocycles. The van der Waals surface area contributed by atoms with Crippen molar-refractivity contribution in [2.75, 3.05) is 18.4 Å². The molecule has 0 spiro atoms. The minimum Gasteiger partial charge on any atom is -0.481 e. The highest BCUT2D eigenvalue weighted by atomic mass is 35.5. The Hall–Kier alpha value is -1.67. The lowest BCUT2D eigenvalue weighted by Gasteiger charge is -2.34. The van der Waals surface area contributed by atoms with Gasteiger partial charge in [-0.25, -0.2) is 4.98 Å². The van der Waals surface area contributed by atoms with Crippen LogP contribution in [0, 0.1) is 6.92 Å². The zero-order chi connectivity index (χ0) is 20.3. The quantitative estimate of drug-likeness (QED) is 0.757. The van der Waals surface area contributed by atoms with Crippen molar-refractivity contribution in [3.8, 4) is 5.75 Å². The summed E-state index contributed by atoms with van der Waals surface area (Å²) in [6, 6.07) is 5.32. The molecule has 1 aromatic heterocycles. The van der Waals surface area contributed by atoms with Crippen LogP contribution in [0.2, 0.25) is 5.02 Å². The van der Waals surface area contributed by atoms with E-state index in [1.54, 1.807) is 19.1 Å². The molecule has 1 aliphatic rings. The summed E-state index contributed by atoms with van der Waals surface area (Å²) in [5.74, 6) is 0.409. The van der Waals surface area contributed by atoms with E-state index < -0.39 is 6.10 Å². The minimum absolute atomic E-state index is 0.218. The zero-order valence-electron chi connectivity index (χ0n) is 16.6. The number of morpholine rings is 1. The number of anilines is 1. The standard InChI is InChI=1S/C20H26ClN3O3S/c1-12-7-16(21)5-6-18(12)27-15(4)19(25)23-20-22-17(11-28-20)10-24-8-13(2)26-14(3)9-24/h5-7,11,13-15H,8-10H2,1-4H3,(H,22,23,25). The molecule has 152 valence electrons. The smallest absolute Gasteiger partial charge is 0.266 e. The Morgan fingerprint density at radius 3 is 2.82 bits per heavy atom. The second-order valence-corrected chi connectivity index (χ2v) is 8.55. The molecule has 0 saturated carbocycles. The molecule has 6 nitrogen and oxygen atoms in total. The van der Waals surface area contributed by atoms with Gasteiger partial charge in [0.2, 0.25) is 0 Å². The number of aryl methyl sites for hydroxylation is 1. The van der Waals surface area contributed by atoms with Gasteiger partial charge in [0.15, 0.2) is 11.2 Å². The molecule has 3 atom stereocenters. The van der Waals surface area contributed by atoms with Crippen molar-refractivity contribution in [2.45, 2.75) is 52.6 Å². The van der Waals surface area contributed by atoms with Crippen molar-refractivity contribution in [1.82, 2.24) is 9.88 Å². The van der Waals surface area contributed by atoms with Crippen LogP contribution in [0.3, 0.4) is 0 Å². The second-order valence-electron chi connectivity index (χ2n) is 7.25. The van der Waals surface area contributed by atoms with Gasteiger partial charge in [0.05, 0.1) is 17.9 Å². The molecule has 1 aromatic carbocycles. The number of hydrogen-bond acceptors (Lipinski definition) is 6. The van der Waals surface area contributed by atoms with E-state index in [4.69, 9.17) is 21.1 Å². The van der Waals surface area contributed by atoms with Crippen molar-refractivity contribution >= 4 is 34.0 Å². The first-order valence-corrected chi connectivity index (χ1v) is 10.6. The normalized spacial score (nSPS) is 21.3. The number of carbonyl (C=O) groups excluding carboxylic acids is 1. The van der Waals surface area contributed by atoms with Crippen molar-refractivity contribution in [2.24, 2.45) is 0 Å². The van der Waals surface area contributed by atoms with Crippen LogP contribution in [0.1, 0.15) is 32.0 Å². The fourth-order valence-electron chi connectivity index (χ4n) is 3.28. The molecule has 2 aromatic rings. The molecule has 3 rings (SSSR count). The van der Waals surface area contributed by atoms with Gasteiger partial charge in [-0.05, 0) is 51.5 Å². The predicted molar refractivity (Wildman–Crippen MR) is 112 cm³/mol. The fraction of sp³-hybridized carbons (Fsp3) is 0.500. The third kappa shape index (κ3) is 5.67. The number of ether oxygens (including phenoxy) is 2.